The third-order valence-corrected chi connectivity index (χ3v) is 2.70. The van der Waals surface area contributed by atoms with Crippen LogP contribution < -0.4 is 10.6 Å². The Labute approximate surface area is 116 Å². The van der Waals surface area contributed by atoms with E-state index in [9.17, 15) is 14.4 Å². The number of nitrogens with one attached hydrogen (secondary N) is 2. The molecule has 0 bridgehead atoms. The van der Waals surface area contributed by atoms with E-state index in [-0.39, 0.29) is 23.1 Å². The highest BCUT2D eigenvalue weighted by atomic mass is 16.4. The molecule has 1 heterocycles. The summed E-state index contributed by atoms with van der Waals surface area (Å²) in [5.41, 5.74) is 0.382. The van der Waals surface area contributed by atoms with E-state index in [1.54, 1.807) is 13.8 Å². The van der Waals surface area contributed by atoms with Crippen molar-refractivity contribution in [1.29, 1.82) is 0 Å². The first-order chi connectivity index (χ1) is 9.36. The maximum atomic E-state index is 11.9. The maximum absolute atomic E-state index is 11.9. The fourth-order valence-electron chi connectivity index (χ4n) is 1.53. The van der Waals surface area contributed by atoms with Gasteiger partial charge in [-0.1, -0.05) is 13.8 Å². The van der Waals surface area contributed by atoms with Gasteiger partial charge in [0.1, 0.15) is 11.7 Å². The summed E-state index contributed by atoms with van der Waals surface area (Å²) in [6.07, 6.45) is 1.24. The largest absolute Gasteiger partial charge is 0.480 e. The number of rotatable bonds is 5. The van der Waals surface area contributed by atoms with Crippen LogP contribution in [0.4, 0.5) is 0 Å². The molecule has 0 aliphatic heterocycles. The van der Waals surface area contributed by atoms with Gasteiger partial charge in [-0.2, -0.15) is 0 Å². The van der Waals surface area contributed by atoms with Gasteiger partial charge in [-0.05, 0) is 18.1 Å². The average Bonchev–Trinajstić information content (AvgIpc) is 2.43. The molecule has 108 valence electrons. The highest BCUT2D eigenvalue weighted by molar-refractivity contribution is 5.97. The number of hydrogen-bond donors (Lipinski definition) is 3. The predicted octanol–water partition coefficient (Wildman–Crippen LogP) is 0.280. The minimum Gasteiger partial charge on any atom is -0.480 e. The molecule has 0 aliphatic carbocycles. The summed E-state index contributed by atoms with van der Waals surface area (Å²) >= 11 is 0. The molecule has 0 unspecified atom stereocenters. The lowest BCUT2D eigenvalue weighted by atomic mass is 10.0. The number of carboxylic acid groups (broad SMARTS) is 1. The Morgan fingerprint density at radius 3 is 2.25 bits per heavy atom. The van der Waals surface area contributed by atoms with Crippen molar-refractivity contribution in [3.63, 3.8) is 0 Å². The van der Waals surface area contributed by atoms with Crippen LogP contribution in [0.2, 0.25) is 0 Å². The second-order valence-corrected chi connectivity index (χ2v) is 4.54. The molecule has 0 spiro atoms. The van der Waals surface area contributed by atoms with Crippen molar-refractivity contribution in [1.82, 2.24) is 15.6 Å². The van der Waals surface area contributed by atoms with E-state index in [0.717, 1.165) is 0 Å². The SMILES string of the molecule is CNC(=O)c1ccc(C(=O)N[C@H](C(=O)O)C(C)C)cn1. The second-order valence-electron chi connectivity index (χ2n) is 4.54. The number of hydrogen-bond acceptors (Lipinski definition) is 4. The van der Waals surface area contributed by atoms with Gasteiger partial charge in [0.2, 0.25) is 0 Å². The van der Waals surface area contributed by atoms with Crippen LogP contribution in [0.3, 0.4) is 0 Å². The van der Waals surface area contributed by atoms with Gasteiger partial charge in [-0.3, -0.25) is 14.6 Å². The summed E-state index contributed by atoms with van der Waals surface area (Å²) in [6.45, 7) is 3.40. The standard InChI is InChI=1S/C13H17N3O4/c1-7(2)10(13(19)20)16-11(17)8-4-5-9(15-6-8)12(18)14-3/h4-7,10H,1-3H3,(H,14,18)(H,16,17)(H,19,20)/t10-/m0/s1. The lowest BCUT2D eigenvalue weighted by molar-refractivity contribution is -0.140. The van der Waals surface area contributed by atoms with Crippen LogP contribution in [0.5, 0.6) is 0 Å². The van der Waals surface area contributed by atoms with Crippen LogP contribution in [0, 0.1) is 5.92 Å². The van der Waals surface area contributed by atoms with Crippen molar-refractivity contribution in [2.75, 3.05) is 7.05 Å². The van der Waals surface area contributed by atoms with Crippen LogP contribution in [0.15, 0.2) is 18.3 Å². The quantitative estimate of drug-likeness (QED) is 0.717. The van der Waals surface area contributed by atoms with E-state index in [1.165, 1.54) is 25.4 Å². The first kappa shape index (κ1) is 15.6. The Morgan fingerprint density at radius 2 is 1.85 bits per heavy atom. The van der Waals surface area contributed by atoms with Gasteiger partial charge in [0, 0.05) is 13.2 Å². The Balaban J connectivity index is 2.82. The van der Waals surface area contributed by atoms with Crippen molar-refractivity contribution in [2.24, 2.45) is 5.92 Å². The zero-order valence-electron chi connectivity index (χ0n) is 11.5. The highest BCUT2D eigenvalue weighted by Gasteiger charge is 2.24. The molecular formula is C13H17N3O4. The highest BCUT2D eigenvalue weighted by Crippen LogP contribution is 2.05. The van der Waals surface area contributed by atoms with E-state index in [4.69, 9.17) is 5.11 Å². The van der Waals surface area contributed by atoms with Gasteiger partial charge in [-0.25, -0.2) is 4.79 Å². The van der Waals surface area contributed by atoms with E-state index in [1.807, 2.05) is 0 Å². The van der Waals surface area contributed by atoms with Crippen molar-refractivity contribution < 1.29 is 19.5 Å². The Morgan fingerprint density at radius 1 is 1.20 bits per heavy atom. The lowest BCUT2D eigenvalue weighted by Gasteiger charge is -2.17. The van der Waals surface area contributed by atoms with Crippen LogP contribution in [0.25, 0.3) is 0 Å². The molecule has 0 aromatic carbocycles. The predicted molar refractivity (Wildman–Crippen MR) is 71.4 cm³/mol. The summed E-state index contributed by atoms with van der Waals surface area (Å²) in [7, 11) is 1.48. The first-order valence-corrected chi connectivity index (χ1v) is 6.08. The number of aliphatic carboxylic acids is 1. The zero-order valence-corrected chi connectivity index (χ0v) is 11.5. The summed E-state index contributed by atoms with van der Waals surface area (Å²) in [5, 5.41) is 13.8. The van der Waals surface area contributed by atoms with Gasteiger partial charge in [0.25, 0.3) is 11.8 Å². The third-order valence-electron chi connectivity index (χ3n) is 2.70. The lowest BCUT2D eigenvalue weighted by Crippen LogP contribution is -2.44. The third kappa shape index (κ3) is 3.78. The van der Waals surface area contributed by atoms with Crippen molar-refractivity contribution >= 4 is 17.8 Å². The van der Waals surface area contributed by atoms with Crippen molar-refractivity contribution in [3.8, 4) is 0 Å². The number of carboxylic acids is 1. The Kier molecular flexibility index (Phi) is 5.19. The van der Waals surface area contributed by atoms with Crippen molar-refractivity contribution in [3.05, 3.63) is 29.6 Å². The van der Waals surface area contributed by atoms with E-state index >= 15 is 0 Å². The molecule has 0 saturated carbocycles. The average molecular weight is 279 g/mol. The molecule has 20 heavy (non-hydrogen) atoms. The summed E-state index contributed by atoms with van der Waals surface area (Å²) in [4.78, 5) is 38.1. The van der Waals surface area contributed by atoms with Crippen LogP contribution in [0.1, 0.15) is 34.7 Å². The Bertz CT molecular complexity index is 511. The number of nitrogens with zero attached hydrogens (tertiary/aromatic N) is 1. The second kappa shape index (κ2) is 6.65. The van der Waals surface area contributed by atoms with Crippen LogP contribution in [-0.2, 0) is 4.79 Å². The topological polar surface area (TPSA) is 108 Å². The van der Waals surface area contributed by atoms with Gasteiger partial charge < -0.3 is 15.7 Å². The fourth-order valence-corrected chi connectivity index (χ4v) is 1.53. The van der Waals surface area contributed by atoms with Crippen LogP contribution >= 0.6 is 0 Å². The number of aromatic nitrogens is 1. The zero-order chi connectivity index (χ0) is 15.3. The number of carbonyl (C=O) groups excluding carboxylic acids is 2. The molecule has 0 fully saturated rings. The molecule has 0 radical (unpaired) electrons. The molecule has 1 aromatic heterocycles. The molecular weight excluding hydrogens is 262 g/mol. The monoisotopic (exact) mass is 279 g/mol. The van der Waals surface area contributed by atoms with E-state index in [0.29, 0.717) is 0 Å². The smallest absolute Gasteiger partial charge is 0.326 e. The number of amides is 2. The first-order valence-electron chi connectivity index (χ1n) is 6.08. The Hall–Kier alpha value is -2.44. The fraction of sp³-hybridized carbons (Fsp3) is 0.385. The minimum atomic E-state index is -1.09. The molecule has 1 rings (SSSR count). The normalized spacial score (nSPS) is 11.8. The summed E-state index contributed by atoms with van der Waals surface area (Å²) in [6, 6.07) is 1.85. The molecule has 2 amide bonds. The molecule has 1 aromatic rings. The molecule has 1 atom stereocenters. The van der Waals surface area contributed by atoms with Gasteiger partial charge in [0.05, 0.1) is 5.56 Å². The minimum absolute atomic E-state index is 0.183. The molecule has 7 heteroatoms. The van der Waals surface area contributed by atoms with E-state index in [2.05, 4.69) is 15.6 Å². The molecule has 0 saturated heterocycles. The van der Waals surface area contributed by atoms with Crippen molar-refractivity contribution in [2.45, 2.75) is 19.9 Å². The van der Waals surface area contributed by atoms with Crippen LogP contribution in [-0.4, -0.2) is 41.0 Å². The summed E-state index contributed by atoms with van der Waals surface area (Å²) < 4.78 is 0. The number of carbonyl (C=O) groups is 3. The maximum Gasteiger partial charge on any atom is 0.326 e. The summed E-state index contributed by atoms with van der Waals surface area (Å²) in [5.74, 6) is -2.23. The van der Waals surface area contributed by atoms with E-state index < -0.39 is 17.9 Å². The molecule has 0 aliphatic rings. The van der Waals surface area contributed by atoms with Gasteiger partial charge in [0.15, 0.2) is 0 Å². The van der Waals surface area contributed by atoms with Gasteiger partial charge in [-0.15, -0.1) is 0 Å². The molecule has 7 nitrogen and oxygen atoms in total. The van der Waals surface area contributed by atoms with Gasteiger partial charge >= 0.3 is 5.97 Å². The number of pyridine rings is 1. The molecule has 3 N–H and O–H groups in total.